The van der Waals surface area contributed by atoms with Crippen molar-refractivity contribution in [1.29, 1.82) is 0 Å². The van der Waals surface area contributed by atoms with Gasteiger partial charge in [0.2, 0.25) is 0 Å². The topological polar surface area (TPSA) is 66.7 Å². The molecule has 1 aromatic carbocycles. The fraction of sp³-hybridized carbons (Fsp3) is 0.278. The Morgan fingerprint density at radius 3 is 3.00 bits per heavy atom. The largest absolute Gasteiger partial charge is 0.348 e. The highest BCUT2D eigenvalue weighted by Gasteiger charge is 2.25. The molecule has 3 heterocycles. The van der Waals surface area contributed by atoms with Crippen LogP contribution in [0.15, 0.2) is 52.9 Å². The van der Waals surface area contributed by atoms with Crippen molar-refractivity contribution >= 4 is 22.2 Å². The van der Waals surface area contributed by atoms with Gasteiger partial charge in [-0.2, -0.15) is 0 Å². The van der Waals surface area contributed by atoms with E-state index in [2.05, 4.69) is 27.3 Å². The minimum absolute atomic E-state index is 0.0544. The van der Waals surface area contributed by atoms with Gasteiger partial charge in [0.05, 0.1) is 0 Å². The zero-order valence-electron chi connectivity index (χ0n) is 13.6. The Labute approximate surface area is 148 Å². The summed E-state index contributed by atoms with van der Waals surface area (Å²) in [6.07, 6.45) is 3.90. The molecular weight excluding hydrogens is 336 g/mol. The van der Waals surface area contributed by atoms with E-state index in [1.165, 1.54) is 27.5 Å². The number of carbonyl (C=O) groups excluding carboxylic acids is 1. The van der Waals surface area contributed by atoms with E-state index in [-0.39, 0.29) is 23.1 Å². The minimum Gasteiger partial charge on any atom is -0.348 e. The van der Waals surface area contributed by atoms with Gasteiger partial charge in [0.1, 0.15) is 5.56 Å². The summed E-state index contributed by atoms with van der Waals surface area (Å²) < 4.78 is 1.41. The van der Waals surface area contributed by atoms with Gasteiger partial charge in [-0.15, -0.1) is 11.3 Å². The maximum atomic E-state index is 12.5. The maximum absolute atomic E-state index is 12.5. The Hall–Kier alpha value is -2.51. The first-order valence-corrected chi connectivity index (χ1v) is 9.11. The van der Waals surface area contributed by atoms with Crippen molar-refractivity contribution < 1.29 is 4.79 Å². The van der Waals surface area contributed by atoms with Gasteiger partial charge in [0, 0.05) is 43.4 Å². The first-order valence-electron chi connectivity index (χ1n) is 8.23. The number of amides is 1. The standard InChI is InChI=1S/C18H18N4O2S/c23-16(15-10-19-18-22(17(15)24)8-9-25-18)20-14-6-7-21(12-14)11-13-4-2-1-3-5-13/h1-5,8-10,14H,6-7,11-12H2,(H,20,23). The molecule has 0 aliphatic carbocycles. The lowest BCUT2D eigenvalue weighted by Gasteiger charge is -2.16. The van der Waals surface area contributed by atoms with Crippen molar-refractivity contribution in [2.45, 2.75) is 19.0 Å². The van der Waals surface area contributed by atoms with Crippen LogP contribution in [0.4, 0.5) is 0 Å². The van der Waals surface area contributed by atoms with Crippen molar-refractivity contribution in [2.24, 2.45) is 0 Å². The van der Waals surface area contributed by atoms with E-state index in [1.54, 1.807) is 11.6 Å². The smallest absolute Gasteiger partial charge is 0.271 e. The van der Waals surface area contributed by atoms with Crippen molar-refractivity contribution in [2.75, 3.05) is 13.1 Å². The number of nitrogens with one attached hydrogen (secondary N) is 1. The molecule has 1 saturated heterocycles. The predicted octanol–water partition coefficient (Wildman–Crippen LogP) is 1.76. The van der Waals surface area contributed by atoms with E-state index in [4.69, 9.17) is 0 Å². The molecule has 128 valence electrons. The minimum atomic E-state index is -0.343. The normalized spacial score (nSPS) is 17.8. The van der Waals surface area contributed by atoms with Crippen molar-refractivity contribution in [3.8, 4) is 0 Å². The van der Waals surface area contributed by atoms with Gasteiger partial charge < -0.3 is 5.32 Å². The monoisotopic (exact) mass is 354 g/mol. The zero-order valence-corrected chi connectivity index (χ0v) is 14.4. The Kier molecular flexibility index (Phi) is 4.33. The SMILES string of the molecule is O=C(NC1CCN(Cc2ccccc2)C1)c1cnc2sccn2c1=O. The number of benzene rings is 1. The maximum Gasteiger partial charge on any atom is 0.271 e. The molecule has 1 fully saturated rings. The molecule has 0 saturated carbocycles. The Morgan fingerprint density at radius 2 is 2.16 bits per heavy atom. The van der Waals surface area contributed by atoms with E-state index in [0.29, 0.717) is 4.96 Å². The molecule has 1 atom stereocenters. The Morgan fingerprint density at radius 1 is 1.32 bits per heavy atom. The highest BCUT2D eigenvalue weighted by atomic mass is 32.1. The second kappa shape index (κ2) is 6.78. The molecular formula is C18H18N4O2S. The first-order chi connectivity index (χ1) is 12.2. The average molecular weight is 354 g/mol. The third-order valence-electron chi connectivity index (χ3n) is 4.44. The van der Waals surface area contributed by atoms with E-state index in [0.717, 1.165) is 26.1 Å². The molecule has 1 N–H and O–H groups in total. The third kappa shape index (κ3) is 3.33. The van der Waals surface area contributed by atoms with Gasteiger partial charge in [-0.3, -0.25) is 18.9 Å². The number of likely N-dealkylation sites (tertiary alicyclic amines) is 1. The van der Waals surface area contributed by atoms with Gasteiger partial charge in [-0.1, -0.05) is 30.3 Å². The van der Waals surface area contributed by atoms with Crippen LogP contribution in [-0.2, 0) is 6.54 Å². The summed E-state index contributed by atoms with van der Waals surface area (Å²) >= 11 is 1.37. The summed E-state index contributed by atoms with van der Waals surface area (Å²) in [7, 11) is 0. The quantitative estimate of drug-likeness (QED) is 0.775. The average Bonchev–Trinajstić information content (AvgIpc) is 3.26. The van der Waals surface area contributed by atoms with Gasteiger partial charge >= 0.3 is 0 Å². The number of nitrogens with zero attached hydrogens (tertiary/aromatic N) is 3. The summed E-state index contributed by atoms with van der Waals surface area (Å²) in [6, 6.07) is 10.3. The van der Waals surface area contributed by atoms with Crippen LogP contribution in [0.2, 0.25) is 0 Å². The fourth-order valence-corrected chi connectivity index (χ4v) is 3.85. The third-order valence-corrected chi connectivity index (χ3v) is 5.21. The van der Waals surface area contributed by atoms with Crippen LogP contribution in [0.3, 0.4) is 0 Å². The molecule has 1 unspecified atom stereocenters. The van der Waals surface area contributed by atoms with Crippen LogP contribution >= 0.6 is 11.3 Å². The highest BCUT2D eigenvalue weighted by molar-refractivity contribution is 7.15. The number of carbonyl (C=O) groups is 1. The molecule has 6 nitrogen and oxygen atoms in total. The van der Waals surface area contributed by atoms with Crippen LogP contribution in [-0.4, -0.2) is 39.3 Å². The van der Waals surface area contributed by atoms with E-state index >= 15 is 0 Å². The zero-order chi connectivity index (χ0) is 17.2. The van der Waals surface area contributed by atoms with E-state index in [1.807, 2.05) is 18.2 Å². The molecule has 3 aromatic rings. The molecule has 1 aliphatic rings. The second-order valence-electron chi connectivity index (χ2n) is 6.21. The molecule has 0 spiro atoms. The van der Waals surface area contributed by atoms with E-state index < -0.39 is 0 Å². The highest BCUT2D eigenvalue weighted by Crippen LogP contribution is 2.14. The summed E-state index contributed by atoms with van der Waals surface area (Å²) in [5.74, 6) is -0.343. The van der Waals surface area contributed by atoms with Crippen molar-refractivity contribution in [1.82, 2.24) is 19.6 Å². The number of hydrogen-bond donors (Lipinski definition) is 1. The van der Waals surface area contributed by atoms with Gasteiger partial charge in [0.25, 0.3) is 11.5 Å². The predicted molar refractivity (Wildman–Crippen MR) is 96.9 cm³/mol. The summed E-state index contributed by atoms with van der Waals surface area (Å²) in [5.41, 5.74) is 1.04. The molecule has 0 bridgehead atoms. The molecule has 1 aliphatic heterocycles. The number of hydrogen-bond acceptors (Lipinski definition) is 5. The molecule has 4 rings (SSSR count). The fourth-order valence-electron chi connectivity index (χ4n) is 3.18. The van der Waals surface area contributed by atoms with Gasteiger partial charge in [-0.05, 0) is 12.0 Å². The van der Waals surface area contributed by atoms with Crippen LogP contribution in [0, 0.1) is 0 Å². The number of aromatic nitrogens is 2. The summed E-state index contributed by atoms with van der Waals surface area (Å²) in [6.45, 7) is 2.59. The molecule has 0 radical (unpaired) electrons. The summed E-state index contributed by atoms with van der Waals surface area (Å²) in [5, 5.41) is 4.76. The first kappa shape index (κ1) is 16.0. The van der Waals surface area contributed by atoms with Crippen molar-refractivity contribution in [3.05, 3.63) is 69.6 Å². The lowest BCUT2D eigenvalue weighted by Crippen LogP contribution is -2.39. The van der Waals surface area contributed by atoms with Crippen LogP contribution < -0.4 is 10.9 Å². The summed E-state index contributed by atoms with van der Waals surface area (Å²) in [4.78, 5) is 31.9. The number of fused-ring (bicyclic) bond motifs is 1. The molecule has 2 aromatic heterocycles. The Balaban J connectivity index is 1.41. The lowest BCUT2D eigenvalue weighted by molar-refractivity contribution is 0.0935. The Bertz CT molecular complexity index is 950. The number of rotatable bonds is 4. The van der Waals surface area contributed by atoms with Crippen molar-refractivity contribution in [3.63, 3.8) is 0 Å². The van der Waals surface area contributed by atoms with Crippen LogP contribution in [0.5, 0.6) is 0 Å². The number of thiazole rings is 1. The molecule has 7 heteroatoms. The molecule has 25 heavy (non-hydrogen) atoms. The van der Waals surface area contributed by atoms with Gasteiger partial charge in [-0.25, -0.2) is 4.98 Å². The van der Waals surface area contributed by atoms with Crippen LogP contribution in [0.25, 0.3) is 4.96 Å². The van der Waals surface area contributed by atoms with Gasteiger partial charge in [0.15, 0.2) is 4.96 Å². The lowest BCUT2D eigenvalue weighted by atomic mass is 10.2. The second-order valence-corrected chi connectivity index (χ2v) is 7.09. The van der Waals surface area contributed by atoms with Crippen LogP contribution in [0.1, 0.15) is 22.3 Å². The van der Waals surface area contributed by atoms with E-state index in [9.17, 15) is 9.59 Å². The molecule has 1 amide bonds.